The van der Waals surface area contributed by atoms with E-state index in [0.29, 0.717) is 13.2 Å². The van der Waals surface area contributed by atoms with E-state index in [1.165, 1.54) is 5.56 Å². The molecular weight excluding hydrogens is 326 g/mol. The van der Waals surface area contributed by atoms with Gasteiger partial charge >= 0.3 is 0 Å². The Morgan fingerprint density at radius 2 is 1.62 bits per heavy atom. The van der Waals surface area contributed by atoms with Crippen LogP contribution < -0.4 is 14.8 Å². The summed E-state index contributed by atoms with van der Waals surface area (Å²) in [6.07, 6.45) is 0.855. The fraction of sp³-hybridized carbons (Fsp3) is 0.182. The van der Waals surface area contributed by atoms with E-state index in [-0.39, 0.29) is 5.75 Å². The summed E-state index contributed by atoms with van der Waals surface area (Å²) in [6, 6.07) is 23.2. The average molecular weight is 349 g/mol. The van der Waals surface area contributed by atoms with Crippen molar-refractivity contribution in [2.24, 2.45) is 0 Å². The van der Waals surface area contributed by atoms with E-state index < -0.39 is 0 Å². The Balaban J connectivity index is 1.57. The zero-order chi connectivity index (χ0) is 18.2. The van der Waals surface area contributed by atoms with E-state index in [2.05, 4.69) is 17.4 Å². The monoisotopic (exact) mass is 349 g/mol. The molecule has 0 fully saturated rings. The summed E-state index contributed by atoms with van der Waals surface area (Å²) in [5.41, 5.74) is 3.29. The third-order valence-electron chi connectivity index (χ3n) is 4.08. The van der Waals surface area contributed by atoms with E-state index in [0.717, 1.165) is 29.2 Å². The SMILES string of the molecule is COc1cc(CNc2ccc(O)cc2)ccc1OCCc1ccccc1. The maximum Gasteiger partial charge on any atom is 0.161 e. The van der Waals surface area contributed by atoms with Crippen molar-refractivity contribution >= 4 is 5.69 Å². The van der Waals surface area contributed by atoms with E-state index in [9.17, 15) is 5.11 Å². The highest BCUT2D eigenvalue weighted by Gasteiger charge is 2.06. The summed E-state index contributed by atoms with van der Waals surface area (Å²) in [4.78, 5) is 0. The van der Waals surface area contributed by atoms with Crippen LogP contribution in [0.15, 0.2) is 72.8 Å². The summed E-state index contributed by atoms with van der Waals surface area (Å²) in [5.74, 6) is 1.73. The Hall–Kier alpha value is -3.14. The van der Waals surface area contributed by atoms with Crippen LogP contribution in [0.1, 0.15) is 11.1 Å². The van der Waals surface area contributed by atoms with Gasteiger partial charge in [-0.3, -0.25) is 0 Å². The van der Waals surface area contributed by atoms with Gasteiger partial charge in [0.2, 0.25) is 0 Å². The van der Waals surface area contributed by atoms with Crippen LogP contribution in [0.2, 0.25) is 0 Å². The van der Waals surface area contributed by atoms with Crippen molar-refractivity contribution in [3.05, 3.63) is 83.9 Å². The van der Waals surface area contributed by atoms with Crippen LogP contribution in [0.3, 0.4) is 0 Å². The van der Waals surface area contributed by atoms with Crippen LogP contribution in [0, 0.1) is 0 Å². The molecule has 4 nitrogen and oxygen atoms in total. The van der Waals surface area contributed by atoms with E-state index in [1.54, 1.807) is 19.2 Å². The number of hydrogen-bond donors (Lipinski definition) is 2. The number of nitrogens with one attached hydrogen (secondary N) is 1. The number of rotatable bonds is 8. The van der Waals surface area contributed by atoms with Crippen molar-refractivity contribution in [1.29, 1.82) is 0 Å². The van der Waals surface area contributed by atoms with Crippen molar-refractivity contribution in [1.82, 2.24) is 0 Å². The molecule has 0 radical (unpaired) electrons. The molecule has 0 saturated heterocycles. The number of hydrogen-bond acceptors (Lipinski definition) is 4. The van der Waals surface area contributed by atoms with Crippen molar-refractivity contribution in [2.75, 3.05) is 19.0 Å². The lowest BCUT2D eigenvalue weighted by Crippen LogP contribution is -2.04. The highest BCUT2D eigenvalue weighted by molar-refractivity contribution is 5.48. The first-order chi connectivity index (χ1) is 12.7. The topological polar surface area (TPSA) is 50.7 Å². The van der Waals surface area contributed by atoms with Gasteiger partial charge in [-0.25, -0.2) is 0 Å². The van der Waals surface area contributed by atoms with Gasteiger partial charge in [0.25, 0.3) is 0 Å². The van der Waals surface area contributed by atoms with Crippen LogP contribution in [0.25, 0.3) is 0 Å². The minimum absolute atomic E-state index is 0.259. The Morgan fingerprint density at radius 1 is 0.846 bits per heavy atom. The number of phenols is 1. The number of anilines is 1. The van der Waals surface area contributed by atoms with Crippen LogP contribution in [-0.2, 0) is 13.0 Å². The second-order valence-corrected chi connectivity index (χ2v) is 5.97. The number of methoxy groups -OCH3 is 1. The molecular formula is C22H23NO3. The van der Waals surface area contributed by atoms with Gasteiger partial charge in [-0.1, -0.05) is 36.4 Å². The van der Waals surface area contributed by atoms with Gasteiger partial charge in [0.15, 0.2) is 11.5 Å². The predicted octanol–water partition coefficient (Wildman–Crippen LogP) is 4.63. The zero-order valence-corrected chi connectivity index (χ0v) is 14.8. The van der Waals surface area contributed by atoms with Crippen LogP contribution >= 0.6 is 0 Å². The standard InChI is InChI=1S/C22H23NO3/c1-25-22-15-18(16-23-19-8-10-20(24)11-9-19)7-12-21(22)26-14-13-17-5-3-2-4-6-17/h2-12,15,23-24H,13-14,16H2,1H3. The second kappa shape index (κ2) is 8.81. The summed E-state index contributed by atoms with van der Waals surface area (Å²) >= 11 is 0. The first kappa shape index (κ1) is 17.7. The van der Waals surface area contributed by atoms with Gasteiger partial charge in [0.1, 0.15) is 5.75 Å². The molecule has 3 aromatic rings. The third-order valence-corrected chi connectivity index (χ3v) is 4.08. The quantitative estimate of drug-likeness (QED) is 0.582. The van der Waals surface area contributed by atoms with Gasteiger partial charge in [-0.2, -0.15) is 0 Å². The van der Waals surface area contributed by atoms with Gasteiger partial charge in [0.05, 0.1) is 13.7 Å². The normalized spacial score (nSPS) is 10.3. The molecule has 134 valence electrons. The Bertz CT molecular complexity index is 817. The molecule has 0 bridgehead atoms. The molecule has 26 heavy (non-hydrogen) atoms. The Labute approximate surface area is 154 Å². The van der Waals surface area contributed by atoms with Crippen LogP contribution in [0.5, 0.6) is 17.2 Å². The lowest BCUT2D eigenvalue weighted by molar-refractivity contribution is 0.297. The van der Waals surface area contributed by atoms with Crippen molar-refractivity contribution < 1.29 is 14.6 Å². The molecule has 0 unspecified atom stereocenters. The average Bonchev–Trinajstić information content (AvgIpc) is 2.69. The summed E-state index contributed by atoms with van der Waals surface area (Å²) < 4.78 is 11.4. The number of aromatic hydroxyl groups is 1. The second-order valence-electron chi connectivity index (χ2n) is 5.97. The predicted molar refractivity (Wildman–Crippen MR) is 104 cm³/mol. The first-order valence-electron chi connectivity index (χ1n) is 8.61. The molecule has 2 N–H and O–H groups in total. The Morgan fingerprint density at radius 3 is 2.35 bits per heavy atom. The molecule has 0 heterocycles. The molecule has 0 aliphatic heterocycles. The van der Waals surface area contributed by atoms with Crippen LogP contribution in [-0.4, -0.2) is 18.8 Å². The molecule has 0 atom stereocenters. The van der Waals surface area contributed by atoms with E-state index >= 15 is 0 Å². The lowest BCUT2D eigenvalue weighted by atomic mass is 10.1. The van der Waals surface area contributed by atoms with Crippen molar-refractivity contribution in [2.45, 2.75) is 13.0 Å². The lowest BCUT2D eigenvalue weighted by Gasteiger charge is -2.13. The molecule has 0 saturated carbocycles. The highest BCUT2D eigenvalue weighted by atomic mass is 16.5. The molecule has 0 aliphatic rings. The first-order valence-corrected chi connectivity index (χ1v) is 8.61. The van der Waals surface area contributed by atoms with Crippen molar-refractivity contribution in [3.8, 4) is 17.2 Å². The fourth-order valence-corrected chi connectivity index (χ4v) is 2.65. The Kier molecular flexibility index (Phi) is 5.99. The molecule has 3 aromatic carbocycles. The molecule has 0 aliphatic carbocycles. The fourth-order valence-electron chi connectivity index (χ4n) is 2.65. The zero-order valence-electron chi connectivity index (χ0n) is 14.8. The number of benzene rings is 3. The largest absolute Gasteiger partial charge is 0.508 e. The van der Waals surface area contributed by atoms with Gasteiger partial charge in [-0.05, 0) is 47.5 Å². The maximum absolute atomic E-state index is 9.33. The summed E-state index contributed by atoms with van der Waals surface area (Å²) in [7, 11) is 1.65. The molecule has 0 aromatic heterocycles. The maximum atomic E-state index is 9.33. The summed E-state index contributed by atoms with van der Waals surface area (Å²) in [6.45, 7) is 1.26. The van der Waals surface area contributed by atoms with Gasteiger partial charge in [0, 0.05) is 18.7 Å². The summed E-state index contributed by atoms with van der Waals surface area (Å²) in [5, 5.41) is 12.6. The molecule has 0 spiro atoms. The van der Waals surface area contributed by atoms with Gasteiger partial charge in [-0.15, -0.1) is 0 Å². The number of ether oxygens (including phenoxy) is 2. The minimum atomic E-state index is 0.259. The van der Waals surface area contributed by atoms with E-state index in [4.69, 9.17) is 9.47 Å². The number of phenolic OH excluding ortho intramolecular Hbond substituents is 1. The molecule has 4 heteroatoms. The van der Waals surface area contributed by atoms with Gasteiger partial charge < -0.3 is 19.9 Å². The molecule has 3 rings (SSSR count). The third kappa shape index (κ3) is 4.93. The minimum Gasteiger partial charge on any atom is -0.508 e. The van der Waals surface area contributed by atoms with Crippen LogP contribution in [0.4, 0.5) is 5.69 Å². The molecule has 0 amide bonds. The highest BCUT2D eigenvalue weighted by Crippen LogP contribution is 2.28. The smallest absolute Gasteiger partial charge is 0.161 e. The van der Waals surface area contributed by atoms with E-state index in [1.807, 2.05) is 48.5 Å². The van der Waals surface area contributed by atoms with Crippen molar-refractivity contribution in [3.63, 3.8) is 0 Å².